The molecule has 0 radical (unpaired) electrons. The Hall–Kier alpha value is -1.65. The molecule has 2 rings (SSSR count). The second-order valence-corrected chi connectivity index (χ2v) is 4.05. The van der Waals surface area contributed by atoms with E-state index in [1.165, 1.54) is 0 Å². The van der Waals surface area contributed by atoms with E-state index in [4.69, 9.17) is 5.84 Å². The van der Waals surface area contributed by atoms with Crippen LogP contribution < -0.4 is 11.3 Å². The zero-order chi connectivity index (χ0) is 12.3. The van der Waals surface area contributed by atoms with Crippen LogP contribution in [-0.2, 0) is 13.5 Å². The van der Waals surface area contributed by atoms with E-state index in [0.29, 0.717) is 0 Å². The second kappa shape index (κ2) is 5.12. The number of hydrogen-bond donors (Lipinski definition) is 2. The molecule has 0 aliphatic rings. The first-order valence-electron chi connectivity index (χ1n) is 5.80. The molecule has 0 aliphatic carbocycles. The highest BCUT2D eigenvalue weighted by molar-refractivity contribution is 5.28. The van der Waals surface area contributed by atoms with E-state index in [1.807, 2.05) is 29.9 Å². The van der Waals surface area contributed by atoms with Crippen molar-refractivity contribution >= 4 is 0 Å². The lowest BCUT2D eigenvalue weighted by atomic mass is 10.0. The summed E-state index contributed by atoms with van der Waals surface area (Å²) in [6, 6.07) is 12.2. The molecule has 3 N–H and O–H groups in total. The minimum Gasteiger partial charge on any atom is -0.271 e. The van der Waals surface area contributed by atoms with E-state index in [2.05, 4.69) is 35.6 Å². The topological polar surface area (TPSA) is 55.9 Å². The lowest BCUT2D eigenvalue weighted by molar-refractivity contribution is 0.574. The Kier molecular flexibility index (Phi) is 3.56. The van der Waals surface area contributed by atoms with Gasteiger partial charge in [-0.15, -0.1) is 0 Å². The number of nitrogens with two attached hydrogens (primary N) is 1. The number of nitrogens with zero attached hydrogens (tertiary/aromatic N) is 2. The van der Waals surface area contributed by atoms with Gasteiger partial charge in [-0.05, 0) is 18.1 Å². The van der Waals surface area contributed by atoms with Crippen molar-refractivity contribution in [1.82, 2.24) is 15.2 Å². The summed E-state index contributed by atoms with van der Waals surface area (Å²) in [6.07, 6.45) is 0.930. The van der Waals surface area contributed by atoms with E-state index < -0.39 is 0 Å². The van der Waals surface area contributed by atoms with Crippen LogP contribution in [0.2, 0.25) is 0 Å². The quantitative estimate of drug-likeness (QED) is 0.618. The first-order valence-corrected chi connectivity index (χ1v) is 5.80. The summed E-state index contributed by atoms with van der Waals surface area (Å²) >= 11 is 0. The summed E-state index contributed by atoms with van der Waals surface area (Å²) in [5.41, 5.74) is 6.15. The van der Waals surface area contributed by atoms with Crippen molar-refractivity contribution in [3.8, 4) is 0 Å². The van der Waals surface area contributed by atoms with Gasteiger partial charge in [0.15, 0.2) is 0 Å². The molecule has 17 heavy (non-hydrogen) atoms. The summed E-state index contributed by atoms with van der Waals surface area (Å²) < 4.78 is 1.89. The van der Waals surface area contributed by atoms with Gasteiger partial charge >= 0.3 is 0 Å². The zero-order valence-electron chi connectivity index (χ0n) is 10.2. The minimum atomic E-state index is -0.0194. The van der Waals surface area contributed by atoms with Gasteiger partial charge in [0.1, 0.15) is 0 Å². The molecular formula is C13H18N4. The number of hydrazine groups is 1. The molecule has 0 fully saturated rings. The molecule has 0 amide bonds. The molecule has 1 atom stereocenters. The molecule has 0 saturated heterocycles. The summed E-state index contributed by atoms with van der Waals surface area (Å²) in [5, 5.41) is 4.44. The van der Waals surface area contributed by atoms with Crippen molar-refractivity contribution in [1.29, 1.82) is 0 Å². The molecule has 0 aliphatic heterocycles. The molecule has 0 spiro atoms. The van der Waals surface area contributed by atoms with Gasteiger partial charge in [0.05, 0.1) is 17.4 Å². The van der Waals surface area contributed by atoms with Crippen LogP contribution in [0.4, 0.5) is 0 Å². The van der Waals surface area contributed by atoms with E-state index in [0.717, 1.165) is 23.4 Å². The van der Waals surface area contributed by atoms with Gasteiger partial charge in [-0.25, -0.2) is 5.43 Å². The molecule has 4 nitrogen and oxygen atoms in total. The van der Waals surface area contributed by atoms with Gasteiger partial charge in [-0.2, -0.15) is 5.10 Å². The molecule has 4 heteroatoms. The number of aryl methyl sites for hydroxylation is 2. The van der Waals surface area contributed by atoms with Crippen molar-refractivity contribution in [2.24, 2.45) is 12.9 Å². The minimum absolute atomic E-state index is 0.0194. The number of benzene rings is 1. The van der Waals surface area contributed by atoms with Crippen LogP contribution in [0.25, 0.3) is 0 Å². The molecule has 1 aromatic carbocycles. The maximum absolute atomic E-state index is 5.67. The van der Waals surface area contributed by atoms with Crippen molar-refractivity contribution < 1.29 is 0 Å². The normalized spacial score (nSPS) is 12.6. The van der Waals surface area contributed by atoms with Crippen LogP contribution in [-0.4, -0.2) is 9.78 Å². The molecule has 0 bridgehead atoms. The molecule has 1 aromatic heterocycles. The molecule has 90 valence electrons. The summed E-state index contributed by atoms with van der Waals surface area (Å²) in [4.78, 5) is 0. The fourth-order valence-corrected chi connectivity index (χ4v) is 1.98. The first-order chi connectivity index (χ1) is 8.26. The van der Waals surface area contributed by atoms with Crippen molar-refractivity contribution in [2.45, 2.75) is 19.4 Å². The van der Waals surface area contributed by atoms with E-state index >= 15 is 0 Å². The Bertz CT molecular complexity index is 475. The van der Waals surface area contributed by atoms with Crippen LogP contribution >= 0.6 is 0 Å². The lowest BCUT2D eigenvalue weighted by Crippen LogP contribution is -2.30. The number of aromatic nitrogens is 2. The van der Waals surface area contributed by atoms with E-state index in [9.17, 15) is 0 Å². The molecule has 1 unspecified atom stereocenters. The second-order valence-electron chi connectivity index (χ2n) is 4.05. The Balaban J connectivity index is 2.38. The van der Waals surface area contributed by atoms with Crippen molar-refractivity contribution in [2.75, 3.05) is 0 Å². The highest BCUT2D eigenvalue weighted by Crippen LogP contribution is 2.21. The predicted molar refractivity (Wildman–Crippen MR) is 68.2 cm³/mol. The van der Waals surface area contributed by atoms with Crippen LogP contribution in [0.15, 0.2) is 36.4 Å². The van der Waals surface area contributed by atoms with Gasteiger partial charge in [0.25, 0.3) is 0 Å². The molecular weight excluding hydrogens is 212 g/mol. The van der Waals surface area contributed by atoms with Crippen LogP contribution in [0.3, 0.4) is 0 Å². The zero-order valence-corrected chi connectivity index (χ0v) is 10.2. The Morgan fingerprint density at radius 2 is 2.06 bits per heavy atom. The maximum atomic E-state index is 5.67. The monoisotopic (exact) mass is 230 g/mol. The number of nitrogens with one attached hydrogen (secondary N) is 1. The van der Waals surface area contributed by atoms with Crippen LogP contribution in [0.1, 0.15) is 29.9 Å². The molecule has 2 aromatic rings. The summed E-state index contributed by atoms with van der Waals surface area (Å²) in [6.45, 7) is 2.10. The van der Waals surface area contributed by atoms with Crippen LogP contribution in [0.5, 0.6) is 0 Å². The average Bonchev–Trinajstić information content (AvgIpc) is 2.73. The van der Waals surface area contributed by atoms with Gasteiger partial charge < -0.3 is 0 Å². The first kappa shape index (κ1) is 11.8. The number of hydrogen-bond acceptors (Lipinski definition) is 3. The Labute approximate surface area is 101 Å². The Morgan fingerprint density at radius 3 is 2.59 bits per heavy atom. The summed E-state index contributed by atoms with van der Waals surface area (Å²) in [5.74, 6) is 5.67. The largest absolute Gasteiger partial charge is 0.271 e. The smallest absolute Gasteiger partial charge is 0.0878 e. The predicted octanol–water partition coefficient (Wildman–Crippen LogP) is 1.54. The van der Waals surface area contributed by atoms with Gasteiger partial charge in [0.2, 0.25) is 0 Å². The summed E-state index contributed by atoms with van der Waals surface area (Å²) in [7, 11) is 1.95. The lowest BCUT2D eigenvalue weighted by Gasteiger charge is -2.16. The fourth-order valence-electron chi connectivity index (χ4n) is 1.98. The molecule has 1 heterocycles. The fraction of sp³-hybridized carbons (Fsp3) is 0.308. The standard InChI is InChI=1S/C13H18N4/c1-3-11-9-12(17(2)16-11)13(15-14)10-7-5-4-6-8-10/h4-9,13,15H,3,14H2,1-2H3. The van der Waals surface area contributed by atoms with Gasteiger partial charge in [-0.1, -0.05) is 37.3 Å². The van der Waals surface area contributed by atoms with Gasteiger partial charge in [0, 0.05) is 7.05 Å². The van der Waals surface area contributed by atoms with E-state index in [1.54, 1.807) is 0 Å². The molecule has 0 saturated carbocycles. The highest BCUT2D eigenvalue weighted by Gasteiger charge is 2.16. The van der Waals surface area contributed by atoms with Crippen molar-refractivity contribution in [3.05, 3.63) is 53.3 Å². The third-order valence-corrected chi connectivity index (χ3v) is 2.92. The SMILES string of the molecule is CCc1cc(C(NN)c2ccccc2)n(C)n1. The number of rotatable bonds is 4. The van der Waals surface area contributed by atoms with Crippen molar-refractivity contribution in [3.63, 3.8) is 0 Å². The van der Waals surface area contributed by atoms with E-state index in [-0.39, 0.29) is 6.04 Å². The third kappa shape index (κ3) is 2.38. The highest BCUT2D eigenvalue weighted by atomic mass is 15.3. The maximum Gasteiger partial charge on any atom is 0.0878 e. The average molecular weight is 230 g/mol. The Morgan fingerprint density at radius 1 is 1.35 bits per heavy atom. The third-order valence-electron chi connectivity index (χ3n) is 2.92. The van der Waals surface area contributed by atoms with Crippen LogP contribution in [0, 0.1) is 0 Å². The van der Waals surface area contributed by atoms with Gasteiger partial charge in [-0.3, -0.25) is 10.5 Å².